The number of aromatic nitrogens is 2. The van der Waals surface area contributed by atoms with Gasteiger partial charge in [0.15, 0.2) is 0 Å². The second-order valence-corrected chi connectivity index (χ2v) is 4.88. The second kappa shape index (κ2) is 6.91. The van der Waals surface area contributed by atoms with E-state index in [1.807, 2.05) is 24.3 Å². The molecule has 0 unspecified atom stereocenters. The van der Waals surface area contributed by atoms with Crippen molar-refractivity contribution in [3.63, 3.8) is 0 Å². The minimum absolute atomic E-state index is 0.274. The smallest absolute Gasteiger partial charge is 0.326 e. The average Bonchev–Trinajstić information content (AvgIpc) is 3.09. The van der Waals surface area contributed by atoms with Gasteiger partial charge in [-0.15, -0.1) is 0 Å². The Balaban J connectivity index is 1.80. The van der Waals surface area contributed by atoms with E-state index in [4.69, 9.17) is 18.7 Å². The Bertz CT molecular complexity index is 793. The van der Waals surface area contributed by atoms with Crippen LogP contribution in [-0.2, 0) is 0 Å². The fourth-order valence-corrected chi connectivity index (χ4v) is 2.13. The molecule has 3 rings (SSSR count). The Labute approximate surface area is 139 Å². The van der Waals surface area contributed by atoms with Crippen molar-refractivity contribution in [3.05, 3.63) is 42.5 Å². The minimum Gasteiger partial charge on any atom is -0.497 e. The van der Waals surface area contributed by atoms with Gasteiger partial charge in [0.05, 0.1) is 21.3 Å². The summed E-state index contributed by atoms with van der Waals surface area (Å²) in [5.41, 5.74) is 1.55. The molecule has 7 heteroatoms. The van der Waals surface area contributed by atoms with Crippen molar-refractivity contribution < 1.29 is 18.7 Å². The summed E-state index contributed by atoms with van der Waals surface area (Å²) in [6.45, 7) is 0. The Morgan fingerprint density at radius 1 is 0.833 bits per heavy atom. The van der Waals surface area contributed by atoms with Gasteiger partial charge in [0.1, 0.15) is 17.2 Å². The molecule has 24 heavy (non-hydrogen) atoms. The Kier molecular flexibility index (Phi) is 4.51. The lowest BCUT2D eigenvalue weighted by Crippen LogP contribution is -1.94. The molecule has 0 aliphatic heterocycles. The zero-order valence-electron chi connectivity index (χ0n) is 13.6. The maximum atomic E-state index is 5.24. The molecule has 1 aromatic heterocycles. The van der Waals surface area contributed by atoms with E-state index in [0.29, 0.717) is 17.3 Å². The maximum absolute atomic E-state index is 5.24. The first-order chi connectivity index (χ1) is 11.7. The predicted octanol–water partition coefficient (Wildman–Crippen LogP) is 3.51. The van der Waals surface area contributed by atoms with Crippen molar-refractivity contribution in [2.45, 2.75) is 0 Å². The van der Waals surface area contributed by atoms with E-state index in [-0.39, 0.29) is 6.01 Å². The molecule has 7 nitrogen and oxygen atoms in total. The molecule has 1 N–H and O–H groups in total. The molecular weight excluding hydrogens is 310 g/mol. The quantitative estimate of drug-likeness (QED) is 0.742. The van der Waals surface area contributed by atoms with Crippen molar-refractivity contribution >= 4 is 11.7 Å². The molecule has 0 bridgehead atoms. The zero-order chi connectivity index (χ0) is 16.9. The Morgan fingerprint density at radius 3 is 2.04 bits per heavy atom. The molecule has 1 heterocycles. The van der Waals surface area contributed by atoms with Gasteiger partial charge in [-0.05, 0) is 24.3 Å². The van der Waals surface area contributed by atoms with Crippen LogP contribution in [0.25, 0.3) is 11.4 Å². The molecular formula is C17H17N3O4. The number of rotatable bonds is 6. The van der Waals surface area contributed by atoms with Crippen molar-refractivity contribution in [1.29, 1.82) is 0 Å². The molecule has 0 radical (unpaired) electrons. The first-order valence-corrected chi connectivity index (χ1v) is 7.20. The fourth-order valence-electron chi connectivity index (χ4n) is 2.13. The van der Waals surface area contributed by atoms with Crippen LogP contribution in [0.4, 0.5) is 11.7 Å². The molecule has 124 valence electrons. The number of benzene rings is 2. The Hall–Kier alpha value is -3.22. The lowest BCUT2D eigenvalue weighted by atomic mass is 10.2. The van der Waals surface area contributed by atoms with Crippen molar-refractivity contribution in [2.75, 3.05) is 26.6 Å². The van der Waals surface area contributed by atoms with Crippen LogP contribution in [0, 0.1) is 0 Å². The second-order valence-electron chi connectivity index (χ2n) is 4.88. The van der Waals surface area contributed by atoms with Crippen LogP contribution in [0.2, 0.25) is 0 Å². The Morgan fingerprint density at radius 2 is 1.46 bits per heavy atom. The molecule has 0 spiro atoms. The first-order valence-electron chi connectivity index (χ1n) is 7.20. The maximum Gasteiger partial charge on any atom is 0.326 e. The topological polar surface area (TPSA) is 78.6 Å². The SMILES string of the molecule is COc1ccc(-c2noc(Nc3cc(OC)cc(OC)c3)n2)cc1. The van der Waals surface area contributed by atoms with E-state index in [1.165, 1.54) is 0 Å². The third kappa shape index (κ3) is 3.40. The summed E-state index contributed by atoms with van der Waals surface area (Å²) in [7, 11) is 4.80. The summed E-state index contributed by atoms with van der Waals surface area (Å²) < 4.78 is 20.8. The fraction of sp³-hybridized carbons (Fsp3) is 0.176. The van der Waals surface area contributed by atoms with Gasteiger partial charge in [-0.1, -0.05) is 5.16 Å². The lowest BCUT2D eigenvalue weighted by molar-refractivity contribution is 0.394. The highest BCUT2D eigenvalue weighted by molar-refractivity contribution is 5.61. The third-order valence-corrected chi connectivity index (χ3v) is 3.38. The van der Waals surface area contributed by atoms with Crippen molar-refractivity contribution in [1.82, 2.24) is 10.1 Å². The molecule has 3 aromatic rings. The van der Waals surface area contributed by atoms with Crippen molar-refractivity contribution in [3.8, 4) is 28.6 Å². The first kappa shape index (κ1) is 15.7. The average molecular weight is 327 g/mol. The number of nitrogens with zero attached hydrogens (tertiary/aromatic N) is 2. The standard InChI is InChI=1S/C17H17N3O4/c1-21-13-6-4-11(5-7-13)16-19-17(24-20-16)18-12-8-14(22-2)10-15(9-12)23-3/h4-10H,1-3H3,(H,18,19,20). The van der Waals surface area contributed by atoms with Gasteiger partial charge in [0, 0.05) is 29.4 Å². The lowest BCUT2D eigenvalue weighted by Gasteiger charge is -2.07. The number of nitrogens with one attached hydrogen (secondary N) is 1. The van der Waals surface area contributed by atoms with Gasteiger partial charge in [-0.3, -0.25) is 0 Å². The van der Waals surface area contributed by atoms with E-state index in [9.17, 15) is 0 Å². The third-order valence-electron chi connectivity index (χ3n) is 3.38. The minimum atomic E-state index is 0.274. The summed E-state index contributed by atoms with van der Waals surface area (Å²) in [5, 5.41) is 7.01. The van der Waals surface area contributed by atoms with Gasteiger partial charge >= 0.3 is 6.01 Å². The highest BCUT2D eigenvalue weighted by Crippen LogP contribution is 2.28. The van der Waals surface area contributed by atoms with Gasteiger partial charge < -0.3 is 24.1 Å². The summed E-state index contributed by atoms with van der Waals surface area (Å²) in [5.74, 6) is 2.57. The molecule has 0 aliphatic rings. The van der Waals surface area contributed by atoms with Gasteiger partial charge in [0.25, 0.3) is 0 Å². The zero-order valence-corrected chi connectivity index (χ0v) is 13.6. The largest absolute Gasteiger partial charge is 0.497 e. The molecule has 0 atom stereocenters. The summed E-state index contributed by atoms with van der Waals surface area (Å²) in [4.78, 5) is 4.33. The molecule has 0 fully saturated rings. The summed E-state index contributed by atoms with van der Waals surface area (Å²) in [6, 6.07) is 13.1. The molecule has 0 amide bonds. The number of methoxy groups -OCH3 is 3. The van der Waals surface area contributed by atoms with Gasteiger partial charge in [-0.25, -0.2) is 0 Å². The molecule has 2 aromatic carbocycles. The number of hydrogen-bond donors (Lipinski definition) is 1. The number of anilines is 2. The van der Waals surface area contributed by atoms with E-state index in [2.05, 4.69) is 15.5 Å². The van der Waals surface area contributed by atoms with E-state index in [0.717, 1.165) is 17.0 Å². The number of hydrogen-bond acceptors (Lipinski definition) is 7. The molecule has 0 aliphatic carbocycles. The van der Waals surface area contributed by atoms with E-state index >= 15 is 0 Å². The van der Waals surface area contributed by atoms with Gasteiger partial charge in [-0.2, -0.15) is 4.98 Å². The van der Waals surface area contributed by atoms with E-state index < -0.39 is 0 Å². The normalized spacial score (nSPS) is 10.3. The summed E-state index contributed by atoms with van der Waals surface area (Å²) in [6.07, 6.45) is 0. The monoisotopic (exact) mass is 327 g/mol. The van der Waals surface area contributed by atoms with Crippen LogP contribution >= 0.6 is 0 Å². The van der Waals surface area contributed by atoms with Crippen LogP contribution < -0.4 is 19.5 Å². The number of ether oxygens (including phenoxy) is 3. The van der Waals surface area contributed by atoms with E-state index in [1.54, 1.807) is 39.5 Å². The van der Waals surface area contributed by atoms with Crippen LogP contribution in [0.3, 0.4) is 0 Å². The molecule has 0 saturated carbocycles. The van der Waals surface area contributed by atoms with Gasteiger partial charge in [0.2, 0.25) is 5.82 Å². The highest BCUT2D eigenvalue weighted by atomic mass is 16.5. The van der Waals surface area contributed by atoms with Crippen LogP contribution in [-0.4, -0.2) is 31.5 Å². The van der Waals surface area contributed by atoms with Crippen LogP contribution in [0.5, 0.6) is 17.2 Å². The predicted molar refractivity (Wildman–Crippen MR) is 89.1 cm³/mol. The molecule has 0 saturated heterocycles. The van der Waals surface area contributed by atoms with Crippen molar-refractivity contribution in [2.24, 2.45) is 0 Å². The van der Waals surface area contributed by atoms with Crippen LogP contribution in [0.15, 0.2) is 47.0 Å². The van der Waals surface area contributed by atoms with Crippen LogP contribution in [0.1, 0.15) is 0 Å². The summed E-state index contributed by atoms with van der Waals surface area (Å²) >= 11 is 0. The highest BCUT2D eigenvalue weighted by Gasteiger charge is 2.10.